The molecule has 23 heavy (non-hydrogen) atoms. The first kappa shape index (κ1) is 17.2. The molecule has 3 unspecified atom stereocenters. The van der Waals surface area contributed by atoms with Crippen molar-refractivity contribution in [3.8, 4) is 0 Å². The van der Waals surface area contributed by atoms with E-state index >= 15 is 0 Å². The maximum absolute atomic E-state index is 12.4. The van der Waals surface area contributed by atoms with Crippen molar-refractivity contribution in [2.75, 3.05) is 7.11 Å². The van der Waals surface area contributed by atoms with E-state index in [1.807, 2.05) is 60.7 Å². The van der Waals surface area contributed by atoms with Crippen LogP contribution in [0.5, 0.6) is 0 Å². The highest BCUT2D eigenvalue weighted by atomic mass is 16.5. The van der Waals surface area contributed by atoms with E-state index in [9.17, 15) is 9.90 Å². The van der Waals surface area contributed by atoms with E-state index in [1.54, 1.807) is 6.92 Å². The highest BCUT2D eigenvalue weighted by Gasteiger charge is 2.24. The van der Waals surface area contributed by atoms with Gasteiger partial charge in [-0.2, -0.15) is 0 Å². The van der Waals surface area contributed by atoms with Crippen molar-refractivity contribution < 1.29 is 14.6 Å². The minimum atomic E-state index is -0.678. The summed E-state index contributed by atoms with van der Waals surface area (Å²) in [6, 6.07) is 18.7. The Labute approximate surface area is 137 Å². The smallest absolute Gasteiger partial charge is 0.254 e. The fraction of sp³-hybridized carbons (Fsp3) is 0.316. The molecule has 0 bridgehead atoms. The molecule has 2 aromatic rings. The molecular formula is C19H23NO3. The topological polar surface area (TPSA) is 58.6 Å². The zero-order valence-corrected chi connectivity index (χ0v) is 13.5. The Bertz CT molecular complexity index is 601. The molecule has 2 N–H and O–H groups in total. The van der Waals surface area contributed by atoms with Gasteiger partial charge in [0.05, 0.1) is 12.1 Å². The molecule has 2 rings (SSSR count). The van der Waals surface area contributed by atoms with E-state index in [1.165, 1.54) is 7.11 Å². The summed E-state index contributed by atoms with van der Waals surface area (Å²) in [4.78, 5) is 12.4. The second-order valence-corrected chi connectivity index (χ2v) is 5.58. The van der Waals surface area contributed by atoms with Gasteiger partial charge in [0.15, 0.2) is 6.10 Å². The van der Waals surface area contributed by atoms with Crippen LogP contribution in [-0.4, -0.2) is 30.3 Å². The van der Waals surface area contributed by atoms with Gasteiger partial charge < -0.3 is 15.2 Å². The molecule has 1 amide bonds. The molecule has 0 aliphatic carbocycles. The first-order valence-electron chi connectivity index (χ1n) is 7.72. The molecule has 0 aliphatic rings. The van der Waals surface area contributed by atoms with Gasteiger partial charge in [0, 0.05) is 13.5 Å². The van der Waals surface area contributed by atoms with E-state index < -0.39 is 12.2 Å². The minimum absolute atomic E-state index is 0.252. The largest absolute Gasteiger partial charge is 0.391 e. The lowest BCUT2D eigenvalue weighted by Crippen LogP contribution is -2.44. The zero-order valence-electron chi connectivity index (χ0n) is 13.5. The third-order valence-electron chi connectivity index (χ3n) is 3.81. The number of rotatable bonds is 7. The molecule has 0 saturated heterocycles. The Morgan fingerprint density at radius 3 is 2.22 bits per heavy atom. The molecule has 2 aromatic carbocycles. The highest BCUT2D eigenvalue weighted by molar-refractivity contribution is 5.82. The average Bonchev–Trinajstić information content (AvgIpc) is 2.57. The molecule has 3 atom stereocenters. The fourth-order valence-corrected chi connectivity index (χ4v) is 2.45. The van der Waals surface area contributed by atoms with Gasteiger partial charge in [0.2, 0.25) is 0 Å². The van der Waals surface area contributed by atoms with Gasteiger partial charge >= 0.3 is 0 Å². The summed E-state index contributed by atoms with van der Waals surface area (Å²) in [5.41, 5.74) is 1.82. The summed E-state index contributed by atoms with van der Waals surface area (Å²) in [6.07, 6.45) is -0.845. The van der Waals surface area contributed by atoms with Crippen LogP contribution in [0.1, 0.15) is 24.2 Å². The molecule has 0 spiro atoms. The van der Waals surface area contributed by atoms with Crippen LogP contribution in [0.15, 0.2) is 60.7 Å². The number of hydrogen-bond donors (Lipinski definition) is 2. The number of nitrogens with one attached hydrogen (secondary N) is 1. The lowest BCUT2D eigenvalue weighted by Gasteiger charge is -2.23. The number of hydrogen-bond acceptors (Lipinski definition) is 3. The van der Waals surface area contributed by atoms with Gasteiger partial charge in [-0.25, -0.2) is 0 Å². The Morgan fingerprint density at radius 1 is 1.09 bits per heavy atom. The molecular weight excluding hydrogens is 290 g/mol. The van der Waals surface area contributed by atoms with E-state index in [-0.39, 0.29) is 11.9 Å². The molecule has 0 aliphatic heterocycles. The highest BCUT2D eigenvalue weighted by Crippen LogP contribution is 2.17. The van der Waals surface area contributed by atoms with E-state index in [0.717, 1.165) is 11.1 Å². The average molecular weight is 313 g/mol. The van der Waals surface area contributed by atoms with Gasteiger partial charge in [-0.15, -0.1) is 0 Å². The van der Waals surface area contributed by atoms with Gasteiger partial charge in [-0.3, -0.25) is 4.79 Å². The summed E-state index contributed by atoms with van der Waals surface area (Å²) in [5, 5.41) is 13.1. The second kappa shape index (κ2) is 8.46. The molecule has 122 valence electrons. The SMILES string of the molecule is COC(C(=O)NC(C)C(O)Cc1ccccc1)c1ccccc1. The Balaban J connectivity index is 1.95. The summed E-state index contributed by atoms with van der Waals surface area (Å²) >= 11 is 0. The Hall–Kier alpha value is -2.17. The minimum Gasteiger partial charge on any atom is -0.391 e. The zero-order chi connectivity index (χ0) is 16.7. The summed E-state index contributed by atoms with van der Waals surface area (Å²) in [5.74, 6) is -0.252. The fourth-order valence-electron chi connectivity index (χ4n) is 2.45. The first-order chi connectivity index (χ1) is 11.1. The van der Waals surface area contributed by atoms with Gasteiger partial charge in [-0.1, -0.05) is 60.7 Å². The number of benzene rings is 2. The third-order valence-corrected chi connectivity index (χ3v) is 3.81. The van der Waals surface area contributed by atoms with Crippen LogP contribution in [-0.2, 0) is 16.0 Å². The molecule has 0 saturated carbocycles. The quantitative estimate of drug-likeness (QED) is 0.825. The molecule has 0 aromatic heterocycles. The van der Waals surface area contributed by atoms with Crippen molar-refractivity contribution in [1.82, 2.24) is 5.32 Å². The maximum Gasteiger partial charge on any atom is 0.254 e. The maximum atomic E-state index is 12.4. The molecule has 0 heterocycles. The number of carbonyl (C=O) groups is 1. The number of aliphatic hydroxyl groups is 1. The number of ether oxygens (including phenoxy) is 1. The van der Waals surface area contributed by atoms with E-state index in [4.69, 9.17) is 4.74 Å². The Morgan fingerprint density at radius 2 is 1.65 bits per heavy atom. The van der Waals surface area contributed by atoms with Crippen molar-refractivity contribution in [3.63, 3.8) is 0 Å². The van der Waals surface area contributed by atoms with Crippen LogP contribution >= 0.6 is 0 Å². The predicted molar refractivity (Wildman–Crippen MR) is 89.9 cm³/mol. The number of carbonyl (C=O) groups excluding carboxylic acids is 1. The molecule has 4 nitrogen and oxygen atoms in total. The number of amides is 1. The summed E-state index contributed by atoms with van der Waals surface area (Å²) in [7, 11) is 1.50. The number of aliphatic hydroxyl groups excluding tert-OH is 1. The van der Waals surface area contributed by atoms with Crippen LogP contribution in [0.25, 0.3) is 0 Å². The van der Waals surface area contributed by atoms with E-state index in [0.29, 0.717) is 6.42 Å². The van der Waals surface area contributed by atoms with Crippen molar-refractivity contribution in [2.45, 2.75) is 31.6 Å². The first-order valence-corrected chi connectivity index (χ1v) is 7.72. The van der Waals surface area contributed by atoms with Crippen molar-refractivity contribution >= 4 is 5.91 Å². The third kappa shape index (κ3) is 4.91. The van der Waals surface area contributed by atoms with Crippen LogP contribution in [0, 0.1) is 0 Å². The lowest BCUT2D eigenvalue weighted by molar-refractivity contribution is -0.132. The predicted octanol–water partition coefficient (Wildman–Crippen LogP) is 2.48. The molecule has 4 heteroatoms. The van der Waals surface area contributed by atoms with E-state index in [2.05, 4.69) is 5.32 Å². The summed E-state index contributed by atoms with van der Waals surface area (Å²) < 4.78 is 5.30. The van der Waals surface area contributed by atoms with Gasteiger partial charge in [0.1, 0.15) is 0 Å². The molecule has 0 fully saturated rings. The van der Waals surface area contributed by atoms with Crippen molar-refractivity contribution in [2.24, 2.45) is 0 Å². The van der Waals surface area contributed by atoms with Crippen LogP contribution in [0.3, 0.4) is 0 Å². The molecule has 0 radical (unpaired) electrons. The Kier molecular flexibility index (Phi) is 6.32. The van der Waals surface area contributed by atoms with Gasteiger partial charge in [-0.05, 0) is 18.1 Å². The lowest BCUT2D eigenvalue weighted by atomic mass is 10.0. The standard InChI is InChI=1S/C19H23NO3/c1-14(17(21)13-15-9-5-3-6-10-15)20-19(22)18(23-2)16-11-7-4-8-12-16/h3-12,14,17-18,21H,13H2,1-2H3,(H,20,22). The van der Waals surface area contributed by atoms with Crippen LogP contribution in [0.2, 0.25) is 0 Å². The second-order valence-electron chi connectivity index (χ2n) is 5.58. The van der Waals surface area contributed by atoms with Crippen molar-refractivity contribution in [1.29, 1.82) is 0 Å². The van der Waals surface area contributed by atoms with Crippen LogP contribution in [0.4, 0.5) is 0 Å². The monoisotopic (exact) mass is 313 g/mol. The van der Waals surface area contributed by atoms with Gasteiger partial charge in [0.25, 0.3) is 5.91 Å². The number of methoxy groups -OCH3 is 1. The summed E-state index contributed by atoms with van der Waals surface area (Å²) in [6.45, 7) is 1.79. The van der Waals surface area contributed by atoms with Crippen LogP contribution < -0.4 is 5.32 Å². The normalized spacial score (nSPS) is 14.7. The van der Waals surface area contributed by atoms with Crippen molar-refractivity contribution in [3.05, 3.63) is 71.8 Å².